The second kappa shape index (κ2) is 3.92. The second-order valence-corrected chi connectivity index (χ2v) is 3.34. The maximum Gasteiger partial charge on any atom is 0.0787 e. The van der Waals surface area contributed by atoms with E-state index in [9.17, 15) is 5.11 Å². The lowest BCUT2D eigenvalue weighted by atomic mass is 10.1. The number of hydrogen-bond donors (Lipinski definition) is 1. The van der Waals surface area contributed by atoms with Crippen LogP contribution in [0.25, 0.3) is 0 Å². The fourth-order valence-corrected chi connectivity index (χ4v) is 1.23. The summed E-state index contributed by atoms with van der Waals surface area (Å²) in [7, 11) is 0. The molecule has 0 bridgehead atoms. The van der Waals surface area contributed by atoms with E-state index < -0.39 is 0 Å². The third-order valence-corrected chi connectivity index (χ3v) is 2.38. The summed E-state index contributed by atoms with van der Waals surface area (Å²) in [5, 5.41) is 10.3. The molecule has 66 valence electrons. The third-order valence-electron chi connectivity index (χ3n) is 1.95. The minimum Gasteiger partial charge on any atom is -0.388 e. The summed E-state index contributed by atoms with van der Waals surface area (Å²) in [5.74, 6) is 0. The topological polar surface area (TPSA) is 20.2 Å². The van der Waals surface area contributed by atoms with Gasteiger partial charge in [-0.25, -0.2) is 0 Å². The van der Waals surface area contributed by atoms with E-state index in [0.717, 1.165) is 22.6 Å². The molecule has 12 heavy (non-hydrogen) atoms. The van der Waals surface area contributed by atoms with Gasteiger partial charge in [0.05, 0.1) is 6.10 Å². The van der Waals surface area contributed by atoms with Crippen LogP contribution in [0.2, 0.25) is 5.02 Å². The summed E-state index contributed by atoms with van der Waals surface area (Å²) >= 11 is 5.85. The first-order valence-corrected chi connectivity index (χ1v) is 4.47. The lowest BCUT2D eigenvalue weighted by Crippen LogP contribution is -1.95. The molecule has 0 saturated carbocycles. The Morgan fingerprint density at radius 1 is 1.50 bits per heavy atom. The number of halogens is 1. The van der Waals surface area contributed by atoms with E-state index in [-0.39, 0.29) is 6.10 Å². The molecule has 1 aromatic carbocycles. The van der Waals surface area contributed by atoms with Gasteiger partial charge in [0.15, 0.2) is 0 Å². The first-order chi connectivity index (χ1) is 5.65. The maximum atomic E-state index is 9.50. The Kier molecular flexibility index (Phi) is 3.12. The standard InChI is InChI=1S/C10H13ClO/c1-3-10(12)8-4-5-9(11)7(2)6-8/h4-6,10,12H,3H2,1-2H3. The highest BCUT2D eigenvalue weighted by molar-refractivity contribution is 6.31. The monoisotopic (exact) mass is 184 g/mol. The molecule has 0 aromatic heterocycles. The van der Waals surface area contributed by atoms with Crippen LogP contribution < -0.4 is 0 Å². The van der Waals surface area contributed by atoms with E-state index in [4.69, 9.17) is 11.6 Å². The van der Waals surface area contributed by atoms with Crippen LogP contribution in [0.15, 0.2) is 18.2 Å². The molecule has 0 amide bonds. The molecule has 0 fully saturated rings. The van der Waals surface area contributed by atoms with Crippen molar-refractivity contribution in [1.82, 2.24) is 0 Å². The summed E-state index contributed by atoms with van der Waals surface area (Å²) < 4.78 is 0. The largest absolute Gasteiger partial charge is 0.388 e. The fourth-order valence-electron chi connectivity index (χ4n) is 1.11. The molecule has 0 aliphatic heterocycles. The Balaban J connectivity index is 2.96. The molecule has 0 radical (unpaired) electrons. The first-order valence-electron chi connectivity index (χ1n) is 4.09. The molecule has 0 spiro atoms. The second-order valence-electron chi connectivity index (χ2n) is 2.93. The molecule has 0 saturated heterocycles. The van der Waals surface area contributed by atoms with Crippen molar-refractivity contribution in [2.24, 2.45) is 0 Å². The molecule has 0 aliphatic rings. The van der Waals surface area contributed by atoms with Crippen LogP contribution in [0.5, 0.6) is 0 Å². The summed E-state index contributed by atoms with van der Waals surface area (Å²) in [5.41, 5.74) is 1.96. The van der Waals surface area contributed by atoms with Crippen LogP contribution in [-0.4, -0.2) is 5.11 Å². The molecular weight excluding hydrogens is 172 g/mol. The number of hydrogen-bond acceptors (Lipinski definition) is 1. The van der Waals surface area contributed by atoms with Gasteiger partial charge in [0.2, 0.25) is 0 Å². The lowest BCUT2D eigenvalue weighted by Gasteiger charge is -2.09. The average molecular weight is 185 g/mol. The van der Waals surface area contributed by atoms with Gasteiger partial charge in [-0.2, -0.15) is 0 Å². The van der Waals surface area contributed by atoms with Crippen molar-refractivity contribution in [3.05, 3.63) is 34.3 Å². The van der Waals surface area contributed by atoms with E-state index in [1.165, 1.54) is 0 Å². The van der Waals surface area contributed by atoms with Gasteiger partial charge in [-0.1, -0.05) is 30.7 Å². The van der Waals surface area contributed by atoms with E-state index in [1.807, 2.05) is 32.0 Å². The van der Waals surface area contributed by atoms with Crippen molar-refractivity contribution in [3.63, 3.8) is 0 Å². The van der Waals surface area contributed by atoms with Gasteiger partial charge < -0.3 is 5.11 Å². The molecule has 1 N–H and O–H groups in total. The molecule has 0 heterocycles. The van der Waals surface area contributed by atoms with Gasteiger partial charge >= 0.3 is 0 Å². The zero-order chi connectivity index (χ0) is 9.14. The summed E-state index contributed by atoms with van der Waals surface area (Å²) in [6, 6.07) is 5.62. The van der Waals surface area contributed by atoms with Crippen LogP contribution in [0.3, 0.4) is 0 Å². The third kappa shape index (κ3) is 1.99. The zero-order valence-electron chi connectivity index (χ0n) is 7.34. The van der Waals surface area contributed by atoms with Crippen molar-refractivity contribution in [1.29, 1.82) is 0 Å². The van der Waals surface area contributed by atoms with E-state index in [1.54, 1.807) is 0 Å². The molecule has 1 atom stereocenters. The molecule has 1 nitrogen and oxygen atoms in total. The van der Waals surface area contributed by atoms with Gasteiger partial charge in [0.1, 0.15) is 0 Å². The summed E-state index contributed by atoms with van der Waals surface area (Å²) in [6.07, 6.45) is 0.377. The van der Waals surface area contributed by atoms with Crippen molar-refractivity contribution >= 4 is 11.6 Å². The number of aliphatic hydroxyl groups is 1. The Morgan fingerprint density at radius 3 is 2.67 bits per heavy atom. The predicted octanol–water partition coefficient (Wildman–Crippen LogP) is 3.09. The van der Waals surface area contributed by atoms with Crippen LogP contribution in [0, 0.1) is 6.92 Å². The Morgan fingerprint density at radius 2 is 2.17 bits per heavy atom. The quantitative estimate of drug-likeness (QED) is 0.749. The highest BCUT2D eigenvalue weighted by Crippen LogP contribution is 2.22. The molecule has 2 heteroatoms. The van der Waals surface area contributed by atoms with E-state index in [2.05, 4.69) is 0 Å². The normalized spacial score (nSPS) is 13.0. The molecule has 0 aliphatic carbocycles. The van der Waals surface area contributed by atoms with Crippen molar-refractivity contribution in [2.45, 2.75) is 26.4 Å². The van der Waals surface area contributed by atoms with Crippen LogP contribution in [0.1, 0.15) is 30.6 Å². The van der Waals surface area contributed by atoms with Crippen molar-refractivity contribution < 1.29 is 5.11 Å². The van der Waals surface area contributed by atoms with E-state index in [0.29, 0.717) is 0 Å². The van der Waals surface area contributed by atoms with Crippen molar-refractivity contribution in [3.8, 4) is 0 Å². The van der Waals surface area contributed by atoms with Gasteiger partial charge in [-0.05, 0) is 30.5 Å². The van der Waals surface area contributed by atoms with Crippen LogP contribution >= 0.6 is 11.6 Å². The van der Waals surface area contributed by atoms with Gasteiger partial charge in [0.25, 0.3) is 0 Å². The Bertz CT molecular complexity index is 271. The highest BCUT2D eigenvalue weighted by atomic mass is 35.5. The first kappa shape index (κ1) is 9.56. The van der Waals surface area contributed by atoms with Crippen LogP contribution in [0.4, 0.5) is 0 Å². The minimum atomic E-state index is -0.360. The minimum absolute atomic E-state index is 0.360. The predicted molar refractivity (Wildman–Crippen MR) is 51.4 cm³/mol. The van der Waals surface area contributed by atoms with E-state index >= 15 is 0 Å². The lowest BCUT2D eigenvalue weighted by molar-refractivity contribution is 0.173. The van der Waals surface area contributed by atoms with Crippen molar-refractivity contribution in [2.75, 3.05) is 0 Å². The molecule has 1 rings (SSSR count). The summed E-state index contributed by atoms with van der Waals surface area (Å²) in [4.78, 5) is 0. The molecule has 1 aromatic rings. The summed E-state index contributed by atoms with van der Waals surface area (Å²) in [6.45, 7) is 3.89. The Hall–Kier alpha value is -0.530. The van der Waals surface area contributed by atoms with Gasteiger partial charge in [0, 0.05) is 5.02 Å². The number of benzene rings is 1. The molecular formula is C10H13ClO. The fraction of sp³-hybridized carbons (Fsp3) is 0.400. The van der Waals surface area contributed by atoms with Crippen LogP contribution in [-0.2, 0) is 0 Å². The SMILES string of the molecule is CCC(O)c1ccc(Cl)c(C)c1. The average Bonchev–Trinajstić information content (AvgIpc) is 2.08. The smallest absolute Gasteiger partial charge is 0.0787 e. The van der Waals surface area contributed by atoms with Gasteiger partial charge in [-0.3, -0.25) is 0 Å². The zero-order valence-corrected chi connectivity index (χ0v) is 8.10. The highest BCUT2D eigenvalue weighted by Gasteiger charge is 2.05. The number of aryl methyl sites for hydroxylation is 1. The number of rotatable bonds is 2. The maximum absolute atomic E-state index is 9.50. The molecule has 1 unspecified atom stereocenters. The number of aliphatic hydroxyl groups excluding tert-OH is 1. The van der Waals surface area contributed by atoms with Gasteiger partial charge in [-0.15, -0.1) is 0 Å². The Labute approximate surface area is 78.0 Å².